The molecule has 4 rings (SSSR count). The van der Waals surface area contributed by atoms with Crippen LogP contribution in [0, 0.1) is 5.92 Å². The Kier molecular flexibility index (Phi) is 16.5. The second-order valence-electron chi connectivity index (χ2n) is 10.6. The fourth-order valence-electron chi connectivity index (χ4n) is 4.38. The van der Waals surface area contributed by atoms with Crippen molar-refractivity contribution in [3.8, 4) is 11.1 Å². The van der Waals surface area contributed by atoms with E-state index in [4.69, 9.17) is 9.84 Å². The molecule has 0 radical (unpaired) electrons. The Hall–Kier alpha value is -3.41. The van der Waals surface area contributed by atoms with Crippen molar-refractivity contribution < 1.29 is 19.7 Å². The van der Waals surface area contributed by atoms with Gasteiger partial charge in [0.15, 0.2) is 0 Å². The van der Waals surface area contributed by atoms with Crippen LogP contribution in [0.15, 0.2) is 79.4 Å². The zero-order valence-electron chi connectivity index (χ0n) is 27.1. The summed E-state index contributed by atoms with van der Waals surface area (Å²) in [7, 11) is 0. The van der Waals surface area contributed by atoms with Crippen molar-refractivity contribution in [2.75, 3.05) is 13.2 Å². The normalized spacial score (nSPS) is 12.7. The van der Waals surface area contributed by atoms with Gasteiger partial charge in [-0.15, -0.1) is 0 Å². The molecule has 3 aromatic rings. The second kappa shape index (κ2) is 18.9. The van der Waals surface area contributed by atoms with Crippen LogP contribution < -0.4 is 0 Å². The lowest BCUT2D eigenvalue weighted by Gasteiger charge is -2.19. The van der Waals surface area contributed by atoms with Crippen molar-refractivity contribution in [3.05, 3.63) is 96.2 Å². The molecule has 1 aliphatic carbocycles. The number of aromatic carboxylic acids is 1. The Labute approximate surface area is 254 Å². The maximum absolute atomic E-state index is 12.3. The molecule has 0 atom stereocenters. The van der Waals surface area contributed by atoms with Gasteiger partial charge in [-0.05, 0) is 59.9 Å². The van der Waals surface area contributed by atoms with E-state index in [1.54, 1.807) is 24.3 Å². The summed E-state index contributed by atoms with van der Waals surface area (Å²) in [4.78, 5) is 12.3. The minimum Gasteiger partial charge on any atom is -0.477 e. The molecule has 2 aromatic carbocycles. The highest BCUT2D eigenvalue weighted by Gasteiger charge is 2.24. The van der Waals surface area contributed by atoms with Gasteiger partial charge in [0.05, 0.1) is 13.2 Å². The molecule has 0 saturated heterocycles. The van der Waals surface area contributed by atoms with Crippen molar-refractivity contribution >= 4 is 16.9 Å². The highest BCUT2D eigenvalue weighted by atomic mass is 16.5. The van der Waals surface area contributed by atoms with Gasteiger partial charge in [-0.25, -0.2) is 4.79 Å². The average molecular weight is 576 g/mol. The number of aromatic nitrogens is 1. The number of hydrogen-bond donors (Lipinski definition) is 2. The van der Waals surface area contributed by atoms with E-state index in [1.807, 2.05) is 51.3 Å². The molecule has 5 nitrogen and oxygen atoms in total. The van der Waals surface area contributed by atoms with E-state index in [0.29, 0.717) is 18.8 Å². The fraction of sp³-hybridized carbons (Fsp3) is 0.432. The number of rotatable bonds is 10. The number of carbonyl (C=O) groups is 1. The number of allylic oxidation sites excluding steroid dienone is 4. The molecule has 0 amide bonds. The lowest BCUT2D eigenvalue weighted by molar-refractivity contribution is 0.0686. The van der Waals surface area contributed by atoms with Gasteiger partial charge < -0.3 is 19.5 Å². The van der Waals surface area contributed by atoms with Crippen molar-refractivity contribution in [1.82, 2.24) is 4.57 Å². The van der Waals surface area contributed by atoms with E-state index in [0.717, 1.165) is 40.1 Å². The number of fused-ring (bicyclic) bond motifs is 1. The zero-order chi connectivity index (χ0) is 31.7. The van der Waals surface area contributed by atoms with Crippen LogP contribution >= 0.6 is 0 Å². The summed E-state index contributed by atoms with van der Waals surface area (Å²) in [6.07, 6.45) is 11.3. The van der Waals surface area contributed by atoms with Gasteiger partial charge in [0.2, 0.25) is 0 Å². The number of carboxylic acids is 1. The zero-order valence-corrected chi connectivity index (χ0v) is 27.1. The molecule has 5 heteroatoms. The Morgan fingerprint density at radius 1 is 1.02 bits per heavy atom. The Bertz CT molecular complexity index is 1290. The summed E-state index contributed by atoms with van der Waals surface area (Å²) in [6.45, 7) is 22.1. The molecule has 0 unspecified atom stereocenters. The summed E-state index contributed by atoms with van der Waals surface area (Å²) in [5.41, 5.74) is 5.41. The van der Waals surface area contributed by atoms with Gasteiger partial charge in [-0.3, -0.25) is 0 Å². The predicted octanol–water partition coefficient (Wildman–Crippen LogP) is 9.58. The smallest absolute Gasteiger partial charge is 0.353 e. The Balaban J connectivity index is 0.000000631. The monoisotopic (exact) mass is 575 g/mol. The van der Waals surface area contributed by atoms with Crippen LogP contribution in [0.3, 0.4) is 0 Å². The quantitative estimate of drug-likeness (QED) is 0.236. The summed E-state index contributed by atoms with van der Waals surface area (Å²) >= 11 is 0. The van der Waals surface area contributed by atoms with Gasteiger partial charge in [-0.1, -0.05) is 116 Å². The lowest BCUT2D eigenvalue weighted by atomic mass is 9.86. The van der Waals surface area contributed by atoms with Crippen molar-refractivity contribution in [1.29, 1.82) is 0 Å². The molecule has 1 saturated carbocycles. The summed E-state index contributed by atoms with van der Waals surface area (Å²) in [5.74, 6) is -0.167. The maximum atomic E-state index is 12.3. The molecule has 0 spiro atoms. The van der Waals surface area contributed by atoms with Crippen molar-refractivity contribution in [3.63, 3.8) is 0 Å². The summed E-state index contributed by atoms with van der Waals surface area (Å²) < 4.78 is 7.78. The standard InChI is InChI=1S/C26H31NO3.C7H10O.2C2H6/c1-5-27-22-13-8-18(16-30-15-17-6-7-17)14-21(22)23(24(27)25(28)29)19-9-11-20(12-10-19)26(2,3)4;1-2-3-4-5-6-7-8;2*1-2/h8-14,17H,5-7,15-16H2,1-4H3,(H,28,29);2-6,8H,1,7H2;2*1-2H3/b;4-3-,6-5-;;. The third-order valence-electron chi connectivity index (χ3n) is 6.61. The minimum absolute atomic E-state index is 0.0532. The largest absolute Gasteiger partial charge is 0.477 e. The highest BCUT2D eigenvalue weighted by molar-refractivity contribution is 6.08. The van der Waals surface area contributed by atoms with E-state index in [-0.39, 0.29) is 12.0 Å². The first-order chi connectivity index (χ1) is 20.2. The van der Waals surface area contributed by atoms with E-state index < -0.39 is 5.97 Å². The molecule has 1 fully saturated rings. The Morgan fingerprint density at radius 3 is 2.17 bits per heavy atom. The van der Waals surface area contributed by atoms with Crippen LogP contribution in [0.5, 0.6) is 0 Å². The molecule has 0 bridgehead atoms. The predicted molar refractivity (Wildman–Crippen MR) is 179 cm³/mol. The maximum Gasteiger partial charge on any atom is 0.353 e. The third-order valence-corrected chi connectivity index (χ3v) is 6.61. The number of ether oxygens (including phenoxy) is 1. The van der Waals surface area contributed by atoms with Crippen LogP contribution in [-0.4, -0.2) is 34.0 Å². The number of benzene rings is 2. The van der Waals surface area contributed by atoms with Crippen molar-refractivity contribution in [2.24, 2.45) is 5.92 Å². The molecule has 42 heavy (non-hydrogen) atoms. The molecule has 1 heterocycles. The first kappa shape index (κ1) is 36.6. The van der Waals surface area contributed by atoms with Gasteiger partial charge in [0.1, 0.15) is 5.69 Å². The molecular formula is C37H53NO4. The lowest BCUT2D eigenvalue weighted by Crippen LogP contribution is -2.11. The average Bonchev–Trinajstić information content (AvgIpc) is 3.76. The van der Waals surface area contributed by atoms with Gasteiger partial charge in [-0.2, -0.15) is 0 Å². The fourth-order valence-corrected chi connectivity index (χ4v) is 4.38. The van der Waals surface area contributed by atoms with Crippen LogP contribution in [0.1, 0.15) is 89.8 Å². The van der Waals surface area contributed by atoms with Crippen molar-refractivity contribution in [2.45, 2.75) is 86.8 Å². The summed E-state index contributed by atoms with van der Waals surface area (Å²) in [5, 5.41) is 19.3. The molecule has 0 aliphatic heterocycles. The second-order valence-corrected chi connectivity index (χ2v) is 10.6. The van der Waals surface area contributed by atoms with E-state index >= 15 is 0 Å². The van der Waals surface area contributed by atoms with Gasteiger partial charge >= 0.3 is 5.97 Å². The van der Waals surface area contributed by atoms with Gasteiger partial charge in [0, 0.05) is 29.6 Å². The third kappa shape index (κ3) is 10.8. The highest BCUT2D eigenvalue weighted by Crippen LogP contribution is 2.37. The van der Waals surface area contributed by atoms with Crippen LogP contribution in [-0.2, 0) is 23.3 Å². The Morgan fingerprint density at radius 2 is 1.67 bits per heavy atom. The molecule has 1 aromatic heterocycles. The molecule has 2 N–H and O–H groups in total. The SMILES string of the molecule is C=C/C=C\C=C/CO.CC.CC.CCn1c(C(=O)O)c(-c2ccc(C(C)(C)C)cc2)c2cc(COCC3CC3)ccc21. The number of carboxylic acid groups (broad SMARTS) is 1. The number of hydrogen-bond acceptors (Lipinski definition) is 3. The van der Waals surface area contributed by atoms with Crippen LogP contribution in [0.25, 0.3) is 22.0 Å². The molecular weight excluding hydrogens is 522 g/mol. The number of aliphatic hydroxyl groups is 1. The first-order valence-electron chi connectivity index (χ1n) is 15.3. The molecule has 1 aliphatic rings. The molecule has 230 valence electrons. The first-order valence-corrected chi connectivity index (χ1v) is 15.3. The number of nitrogens with zero attached hydrogens (tertiary/aromatic N) is 1. The number of aryl methyl sites for hydroxylation is 1. The van der Waals surface area contributed by atoms with E-state index in [2.05, 4.69) is 63.7 Å². The number of aliphatic hydroxyl groups excluding tert-OH is 1. The van der Waals surface area contributed by atoms with Crippen LogP contribution in [0.4, 0.5) is 0 Å². The van der Waals surface area contributed by atoms with Gasteiger partial charge in [0.25, 0.3) is 0 Å². The van der Waals surface area contributed by atoms with E-state index in [1.165, 1.54) is 18.4 Å². The minimum atomic E-state index is -0.894. The summed E-state index contributed by atoms with van der Waals surface area (Å²) in [6, 6.07) is 14.5. The van der Waals surface area contributed by atoms with Crippen LogP contribution in [0.2, 0.25) is 0 Å². The topological polar surface area (TPSA) is 71.7 Å². The van der Waals surface area contributed by atoms with E-state index in [9.17, 15) is 9.90 Å².